The van der Waals surface area contributed by atoms with E-state index in [2.05, 4.69) is 21.9 Å². The summed E-state index contributed by atoms with van der Waals surface area (Å²) in [6.07, 6.45) is -10.8. The first-order valence-corrected chi connectivity index (χ1v) is 11.5. The van der Waals surface area contributed by atoms with E-state index in [0.717, 1.165) is 0 Å². The largest absolute Gasteiger partial charge is 0.537 e. The van der Waals surface area contributed by atoms with Crippen LogP contribution in [0.2, 0.25) is 0 Å². The molecule has 0 aromatic carbocycles. The predicted molar refractivity (Wildman–Crippen MR) is 77.6 cm³/mol. The zero-order valence-electron chi connectivity index (χ0n) is 13.9. The van der Waals surface area contributed by atoms with Gasteiger partial charge in [-0.2, -0.15) is 25.2 Å². The van der Waals surface area contributed by atoms with Gasteiger partial charge in [-0.1, -0.05) is 6.92 Å². The van der Waals surface area contributed by atoms with Crippen LogP contribution in [0.3, 0.4) is 0 Å². The Kier molecular flexibility index (Phi) is 10.3. The van der Waals surface area contributed by atoms with Gasteiger partial charge in [0.1, 0.15) is 0 Å². The van der Waals surface area contributed by atoms with Gasteiger partial charge in [0.05, 0.1) is 31.3 Å². The summed E-state index contributed by atoms with van der Waals surface area (Å²) in [6.45, 7) is -1.21. The number of phosphoric ester groups is 1. The fourth-order valence-electron chi connectivity index (χ4n) is 1.19. The van der Waals surface area contributed by atoms with Gasteiger partial charge in [0, 0.05) is 0 Å². The van der Waals surface area contributed by atoms with E-state index >= 15 is 0 Å². The fraction of sp³-hybridized carbons (Fsp3) is 1.00. The van der Waals surface area contributed by atoms with Gasteiger partial charge < -0.3 is 0 Å². The molecule has 0 aromatic heterocycles. The van der Waals surface area contributed by atoms with E-state index in [1.54, 1.807) is 0 Å². The van der Waals surface area contributed by atoms with Gasteiger partial charge in [0.15, 0.2) is 0 Å². The van der Waals surface area contributed by atoms with Crippen LogP contribution in [-0.2, 0) is 46.7 Å². The second-order valence-electron chi connectivity index (χ2n) is 4.53. The van der Waals surface area contributed by atoms with Crippen molar-refractivity contribution >= 4 is 28.1 Å². The monoisotopic (exact) mass is 492 g/mol. The Morgan fingerprint density at radius 2 is 1.04 bits per heavy atom. The molecule has 0 radical (unpaired) electrons. The normalized spacial score (nSPS) is 14.4. The van der Waals surface area contributed by atoms with Crippen molar-refractivity contribution in [3.63, 3.8) is 0 Å². The maximum Gasteiger partial charge on any atom is 0.537 e. The first kappa shape index (κ1) is 27.5. The van der Waals surface area contributed by atoms with Crippen molar-refractivity contribution in [2.24, 2.45) is 0 Å². The molecule has 0 aliphatic rings. The highest BCUT2D eigenvalue weighted by Crippen LogP contribution is 2.49. The smallest absolute Gasteiger partial charge is 0.287 e. The minimum absolute atomic E-state index is 0.196. The molecule has 0 saturated heterocycles. The van der Waals surface area contributed by atoms with Crippen molar-refractivity contribution in [1.82, 2.24) is 0 Å². The van der Waals surface area contributed by atoms with E-state index in [1.165, 1.54) is 6.92 Å². The lowest BCUT2D eigenvalue weighted by Crippen LogP contribution is -2.24. The van der Waals surface area contributed by atoms with Crippen LogP contribution >= 0.6 is 7.82 Å². The maximum absolute atomic E-state index is 12.1. The zero-order valence-corrected chi connectivity index (χ0v) is 16.4. The molecular weight excluding hydrogens is 477 g/mol. The van der Waals surface area contributed by atoms with Crippen LogP contribution in [0.5, 0.6) is 0 Å². The molecule has 0 saturated carbocycles. The third kappa shape index (κ3) is 14.5. The molecule has 28 heavy (non-hydrogen) atoms. The molecule has 19 heteroatoms. The molecule has 170 valence electrons. The average Bonchev–Trinajstić information content (AvgIpc) is 2.39. The summed E-state index contributed by atoms with van der Waals surface area (Å²) in [5.74, 6) is -2.88. The zero-order chi connectivity index (χ0) is 22.3. The van der Waals surface area contributed by atoms with Crippen molar-refractivity contribution in [3.05, 3.63) is 0 Å². The third-order valence-electron chi connectivity index (χ3n) is 2.06. The van der Waals surface area contributed by atoms with Gasteiger partial charge in [-0.15, -0.1) is 26.3 Å². The quantitative estimate of drug-likeness (QED) is 0.214. The second-order valence-corrected chi connectivity index (χ2v) is 9.58. The number of phosphoric acid groups is 1. The molecule has 0 atom stereocenters. The highest BCUT2D eigenvalue weighted by molar-refractivity contribution is 7.87. The summed E-state index contributed by atoms with van der Waals surface area (Å²) in [4.78, 5) is 0. The van der Waals surface area contributed by atoms with Crippen LogP contribution in [0.25, 0.3) is 0 Å². The molecule has 0 aliphatic heterocycles. The number of halogens is 6. The van der Waals surface area contributed by atoms with Crippen LogP contribution < -0.4 is 0 Å². The van der Waals surface area contributed by atoms with Crippen molar-refractivity contribution in [1.29, 1.82) is 0 Å². The molecule has 0 unspecified atom stereocenters. The van der Waals surface area contributed by atoms with E-state index in [9.17, 15) is 47.7 Å². The van der Waals surface area contributed by atoms with E-state index in [0.29, 0.717) is 0 Å². The van der Waals surface area contributed by atoms with Crippen LogP contribution in [0.4, 0.5) is 26.3 Å². The molecule has 0 aromatic rings. The highest BCUT2D eigenvalue weighted by Gasteiger charge is 2.38. The summed E-state index contributed by atoms with van der Waals surface area (Å²) in [6, 6.07) is 0. The number of hydrogen-bond donors (Lipinski definition) is 0. The van der Waals surface area contributed by atoms with Gasteiger partial charge in [0.25, 0.3) is 20.2 Å². The first-order valence-electron chi connectivity index (χ1n) is 6.92. The molecule has 0 rings (SSSR count). The molecule has 0 fully saturated rings. The lowest BCUT2D eigenvalue weighted by Gasteiger charge is -2.18. The molecule has 0 N–H and O–H groups in total. The lowest BCUT2D eigenvalue weighted by molar-refractivity contribution is -0.273. The highest BCUT2D eigenvalue weighted by atomic mass is 32.2. The van der Waals surface area contributed by atoms with Crippen molar-refractivity contribution < 1.29 is 69.7 Å². The molecule has 0 amide bonds. The topological polar surface area (TPSA) is 132 Å². The van der Waals surface area contributed by atoms with Crippen molar-refractivity contribution in [3.8, 4) is 0 Å². The van der Waals surface area contributed by atoms with E-state index in [-0.39, 0.29) is 13.0 Å². The molecule has 10 nitrogen and oxygen atoms in total. The number of alkyl halides is 6. The standard InChI is InChI=1S/C9H15F6O10PS2/c1-2-3-21-26(16,22-4-6-27(17,18)24-8(10,11)12)23-5-7-28(19,20)25-9(13,14)15/h2-7H2,1H3. The minimum Gasteiger partial charge on any atom is -0.287 e. The fourth-order valence-corrected chi connectivity index (χ4v) is 4.01. The molecular formula is C9H15F6O10PS2. The van der Waals surface area contributed by atoms with Crippen molar-refractivity contribution in [2.45, 2.75) is 26.1 Å². The summed E-state index contributed by atoms with van der Waals surface area (Å²) in [5, 5.41) is 0. The second kappa shape index (κ2) is 10.5. The Balaban J connectivity index is 4.80. The van der Waals surface area contributed by atoms with E-state index < -0.39 is 65.5 Å². The van der Waals surface area contributed by atoms with Gasteiger partial charge in [-0.05, 0) is 6.42 Å². The maximum atomic E-state index is 12.1. The summed E-state index contributed by atoms with van der Waals surface area (Å²) in [7, 11) is -15.1. The van der Waals surface area contributed by atoms with Crippen LogP contribution in [0, 0.1) is 0 Å². The Bertz CT molecular complexity index is 675. The Morgan fingerprint density at radius 3 is 1.32 bits per heavy atom. The Hall–Kier alpha value is -0.490. The van der Waals surface area contributed by atoms with Gasteiger partial charge in [0.2, 0.25) is 0 Å². The Morgan fingerprint density at radius 1 is 0.714 bits per heavy atom. The van der Waals surface area contributed by atoms with Crippen LogP contribution in [-0.4, -0.2) is 60.9 Å². The number of rotatable bonds is 13. The summed E-state index contributed by atoms with van der Waals surface area (Å²) < 4.78 is 147. The molecule has 0 aliphatic carbocycles. The van der Waals surface area contributed by atoms with E-state index in [1.807, 2.05) is 0 Å². The number of hydrogen-bond acceptors (Lipinski definition) is 10. The molecule has 0 bridgehead atoms. The SMILES string of the molecule is CCCOP(=O)(OCCS(=O)(=O)OC(F)(F)F)OCCS(=O)(=O)OC(F)(F)F. The van der Waals surface area contributed by atoms with Crippen molar-refractivity contribution in [2.75, 3.05) is 31.3 Å². The predicted octanol–water partition coefficient (Wildman–Crippen LogP) is 2.29. The van der Waals surface area contributed by atoms with Crippen LogP contribution in [0.1, 0.15) is 13.3 Å². The Labute approximate surface area is 155 Å². The first-order chi connectivity index (χ1) is 12.4. The van der Waals surface area contributed by atoms with Gasteiger partial charge in [-0.25, -0.2) is 4.57 Å². The summed E-state index contributed by atoms with van der Waals surface area (Å²) >= 11 is 0. The molecule has 0 spiro atoms. The van der Waals surface area contributed by atoms with Crippen LogP contribution in [0.15, 0.2) is 0 Å². The minimum atomic E-state index is -5.51. The third-order valence-corrected chi connectivity index (χ3v) is 5.78. The summed E-state index contributed by atoms with van der Waals surface area (Å²) in [5.41, 5.74) is 0. The average molecular weight is 492 g/mol. The van der Waals surface area contributed by atoms with E-state index in [4.69, 9.17) is 0 Å². The molecule has 0 heterocycles. The van der Waals surface area contributed by atoms with Gasteiger partial charge in [-0.3, -0.25) is 13.6 Å². The lowest BCUT2D eigenvalue weighted by atomic mass is 10.5. The van der Waals surface area contributed by atoms with Gasteiger partial charge >= 0.3 is 20.5 Å².